The van der Waals surface area contributed by atoms with Gasteiger partial charge in [0, 0.05) is 29.9 Å². The maximum absolute atomic E-state index is 5.79. The number of imidazole rings is 1. The fourth-order valence-electron chi connectivity index (χ4n) is 2.26. The summed E-state index contributed by atoms with van der Waals surface area (Å²) >= 11 is 0. The Morgan fingerprint density at radius 3 is 2.50 bits per heavy atom. The van der Waals surface area contributed by atoms with Gasteiger partial charge in [-0.25, -0.2) is 4.98 Å². The first-order chi connectivity index (χ1) is 9.62. The zero-order chi connectivity index (χ0) is 14.0. The monoisotopic (exact) mass is 272 g/mol. The Balaban J connectivity index is 1.64. The molecule has 3 rings (SSSR count). The minimum atomic E-state index is -0.231. The molecule has 4 heteroatoms. The number of ether oxygens (including phenoxy) is 2. The van der Waals surface area contributed by atoms with E-state index in [-0.39, 0.29) is 11.7 Å². The number of benzene rings is 1. The summed E-state index contributed by atoms with van der Waals surface area (Å²) in [6.45, 7) is 6.59. The van der Waals surface area contributed by atoms with Gasteiger partial charge < -0.3 is 14.0 Å². The van der Waals surface area contributed by atoms with Gasteiger partial charge in [-0.1, -0.05) is 38.1 Å². The second-order valence-electron chi connectivity index (χ2n) is 6.09. The fourth-order valence-corrected chi connectivity index (χ4v) is 2.26. The van der Waals surface area contributed by atoms with Crippen molar-refractivity contribution in [1.82, 2.24) is 9.55 Å². The van der Waals surface area contributed by atoms with E-state index in [1.54, 1.807) is 6.20 Å². The molecule has 2 heterocycles. The first kappa shape index (κ1) is 13.3. The fraction of sp³-hybridized carbons (Fsp3) is 0.438. The molecule has 0 N–H and O–H groups in total. The van der Waals surface area contributed by atoms with Gasteiger partial charge in [0.1, 0.15) is 0 Å². The van der Waals surface area contributed by atoms with Gasteiger partial charge >= 0.3 is 0 Å². The van der Waals surface area contributed by atoms with Gasteiger partial charge in [0.2, 0.25) is 0 Å². The molecule has 0 saturated carbocycles. The zero-order valence-corrected chi connectivity index (χ0v) is 12.0. The van der Waals surface area contributed by atoms with Crippen molar-refractivity contribution in [3.63, 3.8) is 0 Å². The van der Waals surface area contributed by atoms with Crippen molar-refractivity contribution in [2.24, 2.45) is 5.41 Å². The summed E-state index contributed by atoms with van der Waals surface area (Å²) < 4.78 is 13.6. The molecule has 1 aromatic heterocycles. The summed E-state index contributed by atoms with van der Waals surface area (Å²) in [5.74, 6) is 0. The molecular weight excluding hydrogens is 252 g/mol. The van der Waals surface area contributed by atoms with Gasteiger partial charge in [-0.05, 0) is 5.56 Å². The number of aromatic nitrogens is 2. The summed E-state index contributed by atoms with van der Waals surface area (Å²) in [5.41, 5.74) is 2.43. The molecule has 0 amide bonds. The van der Waals surface area contributed by atoms with Gasteiger partial charge in [0.05, 0.1) is 19.5 Å². The van der Waals surface area contributed by atoms with Crippen LogP contribution in [0.1, 0.15) is 31.3 Å². The highest BCUT2D eigenvalue weighted by Crippen LogP contribution is 2.31. The van der Waals surface area contributed by atoms with E-state index in [9.17, 15) is 0 Å². The predicted molar refractivity (Wildman–Crippen MR) is 76.2 cm³/mol. The van der Waals surface area contributed by atoms with Crippen molar-refractivity contribution < 1.29 is 9.47 Å². The molecular formula is C16H20N2O2. The van der Waals surface area contributed by atoms with E-state index in [2.05, 4.69) is 43.1 Å². The van der Waals surface area contributed by atoms with Crippen LogP contribution in [-0.2, 0) is 16.0 Å². The van der Waals surface area contributed by atoms with Crippen LogP contribution in [0.2, 0.25) is 0 Å². The number of nitrogens with zero attached hydrogens (tertiary/aromatic N) is 2. The third-order valence-electron chi connectivity index (χ3n) is 3.43. The molecule has 4 nitrogen and oxygen atoms in total. The second kappa shape index (κ2) is 5.38. The van der Waals surface area contributed by atoms with Crippen molar-refractivity contribution in [1.29, 1.82) is 0 Å². The van der Waals surface area contributed by atoms with Crippen LogP contribution in [-0.4, -0.2) is 22.8 Å². The van der Waals surface area contributed by atoms with Crippen LogP contribution in [0.4, 0.5) is 0 Å². The van der Waals surface area contributed by atoms with Crippen molar-refractivity contribution in [2.45, 2.75) is 26.7 Å². The predicted octanol–water partition coefficient (Wildman–Crippen LogP) is 3.00. The van der Waals surface area contributed by atoms with E-state index in [0.717, 1.165) is 25.3 Å². The summed E-state index contributed by atoms with van der Waals surface area (Å²) in [6, 6.07) is 8.38. The second-order valence-corrected chi connectivity index (χ2v) is 6.09. The summed E-state index contributed by atoms with van der Waals surface area (Å²) in [4.78, 5) is 4.05. The van der Waals surface area contributed by atoms with E-state index in [4.69, 9.17) is 9.47 Å². The van der Waals surface area contributed by atoms with Crippen molar-refractivity contribution in [3.8, 4) is 0 Å². The molecule has 0 aliphatic carbocycles. The Morgan fingerprint density at radius 1 is 1.20 bits per heavy atom. The van der Waals surface area contributed by atoms with E-state index >= 15 is 0 Å². The van der Waals surface area contributed by atoms with Crippen LogP contribution < -0.4 is 0 Å². The number of rotatable bonds is 3. The van der Waals surface area contributed by atoms with Crippen LogP contribution in [0, 0.1) is 5.41 Å². The number of hydrogen-bond donors (Lipinski definition) is 0. The van der Waals surface area contributed by atoms with Crippen molar-refractivity contribution in [3.05, 3.63) is 54.1 Å². The molecule has 0 spiro atoms. The van der Waals surface area contributed by atoms with Crippen molar-refractivity contribution >= 4 is 0 Å². The number of hydrogen-bond acceptors (Lipinski definition) is 3. The molecule has 0 unspecified atom stereocenters. The lowest BCUT2D eigenvalue weighted by atomic mass is 9.95. The SMILES string of the molecule is CC1(C)COC(c2ccc(Cn3ccnc3)cc2)OC1. The van der Waals surface area contributed by atoms with E-state index < -0.39 is 0 Å². The minimum Gasteiger partial charge on any atom is -0.348 e. The largest absolute Gasteiger partial charge is 0.348 e. The lowest BCUT2D eigenvalue weighted by molar-refractivity contribution is -0.226. The molecule has 2 aromatic rings. The molecule has 106 valence electrons. The maximum atomic E-state index is 5.79. The molecule has 20 heavy (non-hydrogen) atoms. The van der Waals surface area contributed by atoms with E-state index in [1.807, 2.05) is 17.1 Å². The normalized spacial score (nSPS) is 19.1. The van der Waals surface area contributed by atoms with Crippen LogP contribution in [0.3, 0.4) is 0 Å². The molecule has 1 aromatic carbocycles. The highest BCUT2D eigenvalue weighted by atomic mass is 16.7. The van der Waals surface area contributed by atoms with Gasteiger partial charge in [0.15, 0.2) is 6.29 Å². The first-order valence-electron chi connectivity index (χ1n) is 6.90. The Kier molecular flexibility index (Phi) is 3.59. The van der Waals surface area contributed by atoms with E-state index in [1.165, 1.54) is 5.56 Å². The molecule has 1 fully saturated rings. The smallest absolute Gasteiger partial charge is 0.183 e. The summed E-state index contributed by atoms with van der Waals surface area (Å²) in [7, 11) is 0. The molecule has 0 atom stereocenters. The van der Waals surface area contributed by atoms with Crippen LogP contribution in [0.5, 0.6) is 0 Å². The zero-order valence-electron chi connectivity index (χ0n) is 12.0. The summed E-state index contributed by atoms with van der Waals surface area (Å²) in [6.07, 6.45) is 5.34. The Hall–Kier alpha value is -1.65. The highest BCUT2D eigenvalue weighted by Gasteiger charge is 2.28. The lowest BCUT2D eigenvalue weighted by Gasteiger charge is -2.34. The van der Waals surface area contributed by atoms with Gasteiger partial charge in [-0.2, -0.15) is 0 Å². The lowest BCUT2D eigenvalue weighted by Crippen LogP contribution is -2.33. The standard InChI is InChI=1S/C16H20N2O2/c1-16(2)10-19-15(20-11-16)14-5-3-13(4-6-14)9-18-8-7-17-12-18/h3-8,12,15H,9-11H2,1-2H3. The Bertz CT molecular complexity index is 536. The third-order valence-corrected chi connectivity index (χ3v) is 3.43. The summed E-state index contributed by atoms with van der Waals surface area (Å²) in [5, 5.41) is 0. The Morgan fingerprint density at radius 2 is 1.90 bits per heavy atom. The Labute approximate surface area is 119 Å². The van der Waals surface area contributed by atoms with Crippen LogP contribution >= 0.6 is 0 Å². The average Bonchev–Trinajstić information content (AvgIpc) is 2.93. The molecule has 1 aliphatic rings. The van der Waals surface area contributed by atoms with Gasteiger partial charge in [0.25, 0.3) is 0 Å². The highest BCUT2D eigenvalue weighted by molar-refractivity contribution is 5.24. The van der Waals surface area contributed by atoms with Crippen LogP contribution in [0.25, 0.3) is 0 Å². The van der Waals surface area contributed by atoms with Crippen molar-refractivity contribution in [2.75, 3.05) is 13.2 Å². The van der Waals surface area contributed by atoms with Gasteiger partial charge in [-0.15, -0.1) is 0 Å². The first-order valence-corrected chi connectivity index (χ1v) is 6.90. The minimum absolute atomic E-state index is 0.109. The maximum Gasteiger partial charge on any atom is 0.183 e. The molecule has 0 bridgehead atoms. The molecule has 1 aliphatic heterocycles. The van der Waals surface area contributed by atoms with Crippen LogP contribution in [0.15, 0.2) is 43.0 Å². The third kappa shape index (κ3) is 3.08. The molecule has 1 saturated heterocycles. The van der Waals surface area contributed by atoms with E-state index in [0.29, 0.717) is 0 Å². The molecule has 0 radical (unpaired) electrons. The topological polar surface area (TPSA) is 36.3 Å². The quantitative estimate of drug-likeness (QED) is 0.861. The average molecular weight is 272 g/mol. The van der Waals surface area contributed by atoms with Gasteiger partial charge in [-0.3, -0.25) is 0 Å².